The Morgan fingerprint density at radius 1 is 1.48 bits per heavy atom. The summed E-state index contributed by atoms with van der Waals surface area (Å²) in [5.74, 6) is 0.845. The van der Waals surface area contributed by atoms with Gasteiger partial charge in [0.25, 0.3) is 0 Å². The maximum Gasteiger partial charge on any atom is 0.410 e. The first-order valence-electron chi connectivity index (χ1n) is 6.83. The molecule has 0 spiro atoms. The highest BCUT2D eigenvalue weighted by Gasteiger charge is 2.20. The van der Waals surface area contributed by atoms with E-state index < -0.39 is 5.60 Å². The third-order valence-corrected chi connectivity index (χ3v) is 2.71. The van der Waals surface area contributed by atoms with Crippen molar-refractivity contribution >= 4 is 23.5 Å². The van der Waals surface area contributed by atoms with Gasteiger partial charge in [0.05, 0.1) is 12.4 Å². The normalized spacial score (nSPS) is 12.7. The molecule has 118 valence electrons. The summed E-state index contributed by atoms with van der Waals surface area (Å²) in [7, 11) is 1.73. The predicted octanol–water partition coefficient (Wildman–Crippen LogP) is 3.04. The highest BCUT2D eigenvalue weighted by Crippen LogP contribution is 2.11. The van der Waals surface area contributed by atoms with Crippen molar-refractivity contribution in [1.82, 2.24) is 14.9 Å². The smallest absolute Gasteiger partial charge is 0.410 e. The van der Waals surface area contributed by atoms with Crippen LogP contribution in [0.3, 0.4) is 0 Å². The van der Waals surface area contributed by atoms with Crippen molar-refractivity contribution < 1.29 is 9.53 Å². The number of amides is 1. The van der Waals surface area contributed by atoms with Gasteiger partial charge in [-0.15, -0.1) is 0 Å². The second kappa shape index (κ2) is 7.45. The molecular formula is C14H23ClN4O2. The number of carbonyl (C=O) groups is 1. The number of anilines is 1. The van der Waals surface area contributed by atoms with Crippen molar-refractivity contribution in [2.45, 2.75) is 33.3 Å². The van der Waals surface area contributed by atoms with Crippen LogP contribution in [0.2, 0.25) is 5.15 Å². The van der Waals surface area contributed by atoms with Crippen LogP contribution in [-0.4, -0.2) is 46.7 Å². The summed E-state index contributed by atoms with van der Waals surface area (Å²) in [6.45, 7) is 8.81. The van der Waals surface area contributed by atoms with Gasteiger partial charge in [-0.05, 0) is 26.7 Å². The quantitative estimate of drug-likeness (QED) is 0.904. The summed E-state index contributed by atoms with van der Waals surface area (Å²) in [5, 5.41) is 3.49. The molecular weight excluding hydrogens is 292 g/mol. The van der Waals surface area contributed by atoms with Crippen LogP contribution in [0, 0.1) is 5.92 Å². The van der Waals surface area contributed by atoms with Crippen molar-refractivity contribution in [1.29, 1.82) is 0 Å². The first-order chi connectivity index (χ1) is 9.67. The van der Waals surface area contributed by atoms with Crippen molar-refractivity contribution in [2.75, 3.05) is 25.5 Å². The van der Waals surface area contributed by atoms with E-state index in [0.29, 0.717) is 24.1 Å². The summed E-state index contributed by atoms with van der Waals surface area (Å²) in [6.07, 6.45) is 2.76. The zero-order valence-corrected chi connectivity index (χ0v) is 13.9. The van der Waals surface area contributed by atoms with Crippen LogP contribution in [0.15, 0.2) is 12.4 Å². The number of nitrogens with one attached hydrogen (secondary N) is 1. The number of aromatic nitrogens is 2. The minimum atomic E-state index is -0.483. The molecule has 6 nitrogen and oxygen atoms in total. The fourth-order valence-corrected chi connectivity index (χ4v) is 1.80. The second-order valence-electron chi connectivity index (χ2n) is 6.07. The Bertz CT molecular complexity index is 476. The monoisotopic (exact) mass is 314 g/mol. The lowest BCUT2D eigenvalue weighted by atomic mass is 10.1. The van der Waals surface area contributed by atoms with Gasteiger partial charge in [-0.25, -0.2) is 9.78 Å². The van der Waals surface area contributed by atoms with Gasteiger partial charge in [0, 0.05) is 20.1 Å². The molecule has 0 saturated carbocycles. The van der Waals surface area contributed by atoms with Gasteiger partial charge in [0.2, 0.25) is 0 Å². The fraction of sp³-hybridized carbons (Fsp3) is 0.643. The zero-order valence-electron chi connectivity index (χ0n) is 13.2. The van der Waals surface area contributed by atoms with Crippen LogP contribution < -0.4 is 5.32 Å². The molecule has 0 aliphatic heterocycles. The Kier molecular flexibility index (Phi) is 6.20. The molecule has 0 bridgehead atoms. The van der Waals surface area contributed by atoms with Gasteiger partial charge < -0.3 is 15.0 Å². The summed E-state index contributed by atoms with van der Waals surface area (Å²) >= 11 is 5.76. The molecule has 0 aliphatic rings. The van der Waals surface area contributed by atoms with Gasteiger partial charge in [-0.2, -0.15) is 0 Å². The van der Waals surface area contributed by atoms with Crippen LogP contribution in [-0.2, 0) is 4.74 Å². The van der Waals surface area contributed by atoms with Crippen molar-refractivity contribution in [3.05, 3.63) is 17.5 Å². The number of ether oxygens (including phenoxy) is 1. The lowest BCUT2D eigenvalue weighted by molar-refractivity contribution is 0.0279. The molecule has 1 heterocycles. The fourth-order valence-electron chi connectivity index (χ4n) is 1.65. The van der Waals surface area contributed by atoms with Crippen LogP contribution in [0.1, 0.15) is 27.7 Å². The van der Waals surface area contributed by atoms with Gasteiger partial charge in [0.15, 0.2) is 0 Å². The maximum absolute atomic E-state index is 11.9. The summed E-state index contributed by atoms with van der Waals surface area (Å²) in [5.41, 5.74) is -0.483. The number of halogens is 1. The first-order valence-corrected chi connectivity index (χ1v) is 7.20. The van der Waals surface area contributed by atoms with Gasteiger partial charge in [0.1, 0.15) is 16.6 Å². The van der Waals surface area contributed by atoms with E-state index >= 15 is 0 Å². The average molecular weight is 315 g/mol. The maximum atomic E-state index is 11.9. The van der Waals surface area contributed by atoms with Crippen molar-refractivity contribution in [2.24, 2.45) is 5.92 Å². The van der Waals surface area contributed by atoms with Crippen LogP contribution >= 0.6 is 11.6 Å². The molecule has 1 aromatic heterocycles. The van der Waals surface area contributed by atoms with Crippen molar-refractivity contribution in [3.63, 3.8) is 0 Å². The summed E-state index contributed by atoms with van der Waals surface area (Å²) in [6, 6.07) is 0. The minimum Gasteiger partial charge on any atom is -0.444 e. The van der Waals surface area contributed by atoms with E-state index in [1.54, 1.807) is 18.1 Å². The molecule has 1 aromatic rings. The molecule has 0 radical (unpaired) electrons. The molecule has 1 N–H and O–H groups in total. The Morgan fingerprint density at radius 2 is 2.14 bits per heavy atom. The van der Waals surface area contributed by atoms with Crippen molar-refractivity contribution in [3.8, 4) is 0 Å². The standard InChI is InChI=1S/C14H23ClN4O2/c1-10(6-17-12-8-16-7-11(15)18-12)9-19(5)13(20)21-14(2,3)4/h7-8,10H,6,9H2,1-5H3,(H,17,18). The highest BCUT2D eigenvalue weighted by atomic mass is 35.5. The lowest BCUT2D eigenvalue weighted by Crippen LogP contribution is -2.37. The molecule has 1 rings (SSSR count). The number of hydrogen-bond acceptors (Lipinski definition) is 5. The Balaban J connectivity index is 2.39. The van der Waals surface area contributed by atoms with Gasteiger partial charge in [-0.1, -0.05) is 18.5 Å². The molecule has 21 heavy (non-hydrogen) atoms. The summed E-state index contributed by atoms with van der Waals surface area (Å²) in [4.78, 5) is 21.5. The number of nitrogens with zero attached hydrogens (tertiary/aromatic N) is 3. The first kappa shape index (κ1) is 17.5. The molecule has 0 saturated heterocycles. The topological polar surface area (TPSA) is 67.4 Å². The molecule has 0 fully saturated rings. The zero-order chi connectivity index (χ0) is 16.0. The predicted molar refractivity (Wildman–Crippen MR) is 83.6 cm³/mol. The molecule has 1 atom stereocenters. The number of carbonyl (C=O) groups excluding carboxylic acids is 1. The molecule has 7 heteroatoms. The molecule has 0 aromatic carbocycles. The van der Waals surface area contributed by atoms with E-state index in [4.69, 9.17) is 16.3 Å². The Morgan fingerprint density at radius 3 is 2.71 bits per heavy atom. The van der Waals surface area contributed by atoms with E-state index in [2.05, 4.69) is 15.3 Å². The molecule has 0 aliphatic carbocycles. The van der Waals surface area contributed by atoms with Crippen LogP contribution in [0.5, 0.6) is 0 Å². The van der Waals surface area contributed by atoms with Crippen LogP contribution in [0.4, 0.5) is 10.6 Å². The van der Waals surface area contributed by atoms with Crippen LogP contribution in [0.25, 0.3) is 0 Å². The average Bonchev–Trinajstić information content (AvgIpc) is 2.34. The molecule has 1 amide bonds. The summed E-state index contributed by atoms with van der Waals surface area (Å²) < 4.78 is 5.31. The van der Waals surface area contributed by atoms with E-state index in [1.807, 2.05) is 27.7 Å². The highest BCUT2D eigenvalue weighted by molar-refractivity contribution is 6.29. The van der Waals surface area contributed by atoms with E-state index in [-0.39, 0.29) is 12.0 Å². The second-order valence-corrected chi connectivity index (χ2v) is 6.46. The third kappa shape index (κ3) is 7.13. The van der Waals surface area contributed by atoms with Gasteiger partial charge >= 0.3 is 6.09 Å². The largest absolute Gasteiger partial charge is 0.444 e. The minimum absolute atomic E-state index is 0.225. The third-order valence-electron chi connectivity index (χ3n) is 2.53. The van der Waals surface area contributed by atoms with E-state index in [9.17, 15) is 4.79 Å². The van der Waals surface area contributed by atoms with E-state index in [0.717, 1.165) is 0 Å². The number of rotatable bonds is 5. The van der Waals surface area contributed by atoms with E-state index in [1.165, 1.54) is 6.20 Å². The Hall–Kier alpha value is -1.56. The Labute approximate surface area is 130 Å². The molecule has 1 unspecified atom stereocenters. The number of hydrogen-bond donors (Lipinski definition) is 1. The SMILES string of the molecule is CC(CNc1cncc(Cl)n1)CN(C)C(=O)OC(C)(C)C. The van der Waals surface area contributed by atoms with Gasteiger partial charge in [-0.3, -0.25) is 4.98 Å². The lowest BCUT2D eigenvalue weighted by Gasteiger charge is -2.26.